The van der Waals surface area contributed by atoms with Crippen LogP contribution in [0.2, 0.25) is 5.02 Å². The van der Waals surface area contributed by atoms with Gasteiger partial charge < -0.3 is 10.0 Å². The summed E-state index contributed by atoms with van der Waals surface area (Å²) in [5.41, 5.74) is 1.93. The number of rotatable bonds is 3. The van der Waals surface area contributed by atoms with Crippen molar-refractivity contribution in [3.8, 4) is 0 Å². The maximum atomic E-state index is 13.0. The summed E-state index contributed by atoms with van der Waals surface area (Å²) in [7, 11) is -3.29. The molecule has 2 aromatic rings. The van der Waals surface area contributed by atoms with Crippen molar-refractivity contribution < 1.29 is 23.1 Å². The van der Waals surface area contributed by atoms with Gasteiger partial charge in [0.15, 0.2) is 9.84 Å². The fraction of sp³-hybridized carbons (Fsp3) is 0.273. The molecule has 2 saturated heterocycles. The van der Waals surface area contributed by atoms with Gasteiger partial charge >= 0.3 is 0 Å². The van der Waals surface area contributed by atoms with Gasteiger partial charge in [-0.2, -0.15) is 0 Å². The number of sulfone groups is 1. The smallest absolute Gasteiger partial charge is 0.295 e. The lowest BCUT2D eigenvalue weighted by atomic mass is 9.94. The molecule has 1 N–H and O–H groups in total. The van der Waals surface area contributed by atoms with Gasteiger partial charge in [-0.25, -0.2) is 8.42 Å². The molecular weight excluding hydrogens is 426 g/mol. The fourth-order valence-corrected chi connectivity index (χ4v) is 5.90. The number of aliphatic hydroxyl groups excluding tert-OH is 1. The molecule has 6 nitrogen and oxygen atoms in total. The SMILES string of the molecule is Cc1ccc(C(O)=C2C(=O)C(=O)N([C@@H]3CCS(=O)(=O)C3)[C@@H]2c2ccc(Cl)cc2)cc1. The Balaban J connectivity index is 1.88. The lowest BCUT2D eigenvalue weighted by Gasteiger charge is -2.30. The van der Waals surface area contributed by atoms with Crippen molar-refractivity contribution in [1.82, 2.24) is 4.90 Å². The highest BCUT2D eigenvalue weighted by Crippen LogP contribution is 2.42. The number of ketones is 1. The molecule has 1 amide bonds. The number of benzene rings is 2. The van der Waals surface area contributed by atoms with E-state index in [0.717, 1.165) is 5.56 Å². The van der Waals surface area contributed by atoms with Gasteiger partial charge in [-0.15, -0.1) is 0 Å². The average Bonchev–Trinajstić information content (AvgIpc) is 3.19. The van der Waals surface area contributed by atoms with Crippen molar-refractivity contribution in [1.29, 1.82) is 0 Å². The third kappa shape index (κ3) is 3.63. The normalized spacial score (nSPS) is 25.1. The van der Waals surface area contributed by atoms with Crippen molar-refractivity contribution in [2.75, 3.05) is 11.5 Å². The van der Waals surface area contributed by atoms with E-state index in [2.05, 4.69) is 0 Å². The van der Waals surface area contributed by atoms with Gasteiger partial charge in [0.2, 0.25) is 0 Å². The van der Waals surface area contributed by atoms with Gasteiger partial charge in [-0.3, -0.25) is 9.59 Å². The van der Waals surface area contributed by atoms with E-state index in [4.69, 9.17) is 11.6 Å². The molecule has 0 unspecified atom stereocenters. The van der Waals surface area contributed by atoms with E-state index in [1.54, 1.807) is 48.5 Å². The lowest BCUT2D eigenvalue weighted by Crippen LogP contribution is -2.40. The van der Waals surface area contributed by atoms with E-state index in [1.807, 2.05) is 6.92 Å². The summed E-state index contributed by atoms with van der Waals surface area (Å²) in [5, 5.41) is 11.5. The van der Waals surface area contributed by atoms with Crippen LogP contribution < -0.4 is 0 Å². The number of aryl methyl sites for hydroxylation is 1. The largest absolute Gasteiger partial charge is 0.507 e. The maximum absolute atomic E-state index is 13.0. The summed E-state index contributed by atoms with van der Waals surface area (Å²) in [6, 6.07) is 12.1. The van der Waals surface area contributed by atoms with Crippen LogP contribution >= 0.6 is 11.6 Å². The summed E-state index contributed by atoms with van der Waals surface area (Å²) in [4.78, 5) is 27.3. The Kier molecular flexibility index (Phi) is 5.20. The predicted molar refractivity (Wildman–Crippen MR) is 114 cm³/mol. The molecular formula is C22H20ClNO5S. The van der Waals surface area contributed by atoms with Crippen LogP contribution in [0.15, 0.2) is 54.1 Å². The molecule has 2 fully saturated rings. The summed E-state index contributed by atoms with van der Waals surface area (Å²) >= 11 is 6.00. The second-order valence-corrected chi connectivity index (χ2v) is 10.3. The summed E-state index contributed by atoms with van der Waals surface area (Å²) in [6.07, 6.45) is 0.254. The number of carbonyl (C=O) groups excluding carboxylic acids is 2. The monoisotopic (exact) mass is 445 g/mol. The minimum Gasteiger partial charge on any atom is -0.507 e. The van der Waals surface area contributed by atoms with Crippen molar-refractivity contribution in [3.63, 3.8) is 0 Å². The third-order valence-corrected chi connectivity index (χ3v) is 7.59. The van der Waals surface area contributed by atoms with Crippen LogP contribution in [0.25, 0.3) is 5.76 Å². The number of hydrogen-bond acceptors (Lipinski definition) is 5. The molecule has 0 bridgehead atoms. The molecule has 0 radical (unpaired) electrons. The van der Waals surface area contributed by atoms with Gasteiger partial charge in [0.25, 0.3) is 11.7 Å². The zero-order valence-corrected chi connectivity index (χ0v) is 17.8. The van der Waals surface area contributed by atoms with Crippen molar-refractivity contribution in [3.05, 3.63) is 75.8 Å². The predicted octanol–water partition coefficient (Wildman–Crippen LogP) is 3.26. The second kappa shape index (κ2) is 7.56. The van der Waals surface area contributed by atoms with Gasteiger partial charge in [-0.05, 0) is 31.0 Å². The summed E-state index contributed by atoms with van der Waals surface area (Å²) < 4.78 is 24.1. The Morgan fingerprint density at radius 3 is 2.27 bits per heavy atom. The maximum Gasteiger partial charge on any atom is 0.295 e. The van der Waals surface area contributed by atoms with Crippen LogP contribution in [0.3, 0.4) is 0 Å². The number of aliphatic hydroxyl groups is 1. The second-order valence-electron chi connectivity index (χ2n) is 7.68. The summed E-state index contributed by atoms with van der Waals surface area (Å²) in [5.74, 6) is -2.14. The molecule has 156 valence electrons. The van der Waals surface area contributed by atoms with Crippen LogP contribution in [0.4, 0.5) is 0 Å². The molecule has 0 saturated carbocycles. The van der Waals surface area contributed by atoms with Crippen LogP contribution in [-0.4, -0.2) is 47.7 Å². The van der Waals surface area contributed by atoms with Gasteiger partial charge in [0.05, 0.1) is 23.1 Å². The topological polar surface area (TPSA) is 91.8 Å². The first-order valence-electron chi connectivity index (χ1n) is 9.51. The zero-order valence-electron chi connectivity index (χ0n) is 16.2. The van der Waals surface area contributed by atoms with Crippen LogP contribution in [0.5, 0.6) is 0 Å². The molecule has 2 heterocycles. The molecule has 2 aliphatic heterocycles. The first kappa shape index (κ1) is 20.6. The molecule has 2 atom stereocenters. The number of likely N-dealkylation sites (tertiary alicyclic amines) is 1. The minimum atomic E-state index is -3.29. The quantitative estimate of drug-likeness (QED) is 0.444. The zero-order chi connectivity index (χ0) is 21.6. The van der Waals surface area contributed by atoms with E-state index < -0.39 is 33.6 Å². The van der Waals surface area contributed by atoms with Gasteiger partial charge in [0, 0.05) is 16.6 Å². The molecule has 8 heteroatoms. The first-order chi connectivity index (χ1) is 14.2. The fourth-order valence-electron chi connectivity index (χ4n) is 4.06. The Labute approximate surface area is 179 Å². The van der Waals surface area contributed by atoms with E-state index in [0.29, 0.717) is 16.1 Å². The summed E-state index contributed by atoms with van der Waals surface area (Å²) in [6.45, 7) is 1.90. The molecule has 4 rings (SSSR count). The van der Waals surface area contributed by atoms with E-state index in [1.165, 1.54) is 4.90 Å². The standard InChI is InChI=1S/C22H20ClNO5S/c1-13-2-4-15(5-3-13)20(25)18-19(14-6-8-16(23)9-7-14)24(22(27)21(18)26)17-10-11-30(28,29)12-17/h2-9,17,19,25H,10-12H2,1H3/t17-,19-/m1/s1. The highest BCUT2D eigenvalue weighted by molar-refractivity contribution is 7.91. The Morgan fingerprint density at radius 1 is 1.07 bits per heavy atom. The molecule has 0 spiro atoms. The van der Waals surface area contributed by atoms with E-state index in [-0.39, 0.29) is 29.3 Å². The number of amides is 1. The molecule has 2 aromatic carbocycles. The number of carbonyl (C=O) groups is 2. The minimum absolute atomic E-state index is 0.0357. The van der Waals surface area contributed by atoms with E-state index >= 15 is 0 Å². The number of hydrogen-bond donors (Lipinski definition) is 1. The Morgan fingerprint density at radius 2 is 1.70 bits per heavy atom. The molecule has 0 aromatic heterocycles. The van der Waals surface area contributed by atoms with Crippen LogP contribution in [0, 0.1) is 6.92 Å². The highest BCUT2D eigenvalue weighted by atomic mass is 35.5. The average molecular weight is 446 g/mol. The molecule has 30 heavy (non-hydrogen) atoms. The van der Waals surface area contributed by atoms with E-state index in [9.17, 15) is 23.1 Å². The Hall–Kier alpha value is -2.64. The van der Waals surface area contributed by atoms with Crippen molar-refractivity contribution in [2.24, 2.45) is 0 Å². The molecule has 2 aliphatic rings. The first-order valence-corrected chi connectivity index (χ1v) is 11.7. The number of halogens is 1. The third-order valence-electron chi connectivity index (χ3n) is 5.59. The molecule has 0 aliphatic carbocycles. The van der Waals surface area contributed by atoms with Crippen molar-refractivity contribution >= 4 is 38.9 Å². The van der Waals surface area contributed by atoms with Crippen molar-refractivity contribution in [2.45, 2.75) is 25.4 Å². The van der Waals surface area contributed by atoms with Crippen LogP contribution in [0.1, 0.15) is 29.2 Å². The van der Waals surface area contributed by atoms with Gasteiger partial charge in [0.1, 0.15) is 5.76 Å². The van der Waals surface area contributed by atoms with Crippen LogP contribution in [-0.2, 0) is 19.4 Å². The number of nitrogens with zero attached hydrogens (tertiary/aromatic N) is 1. The lowest BCUT2D eigenvalue weighted by molar-refractivity contribution is -0.141. The van der Waals surface area contributed by atoms with Gasteiger partial charge in [-0.1, -0.05) is 53.6 Å². The highest BCUT2D eigenvalue weighted by Gasteiger charge is 2.50. The Bertz CT molecular complexity index is 1150. The number of Topliss-reactive ketones (excluding diaryl/α,β-unsaturated/α-hetero) is 1.